The zero-order chi connectivity index (χ0) is 24.1. The standard InChI is InChI=1S/C23H33O8P.H3N.2Na.5H2/c1-3-5-7-9-10-11-12-14-16-18-23(25)31-21(20-30-32(26,27)28)19-29-22(24)17-15-13-8-6-4-2;;;;;;;;/h21H,3,5,7,9-12,14,16,18-20H2,1-2H3,(H2,26,27,28);1H3;;;5*1H/q;;2*+1;;;;;/p-2/t21-;;;;;;;;/m1......../s1. The molecule has 0 bridgehead atoms. The summed E-state index contributed by atoms with van der Waals surface area (Å²) in [6.45, 7) is 2.51. The van der Waals surface area contributed by atoms with E-state index in [4.69, 9.17) is 9.47 Å². The van der Waals surface area contributed by atoms with Crippen LogP contribution in [0.25, 0.3) is 0 Å². The van der Waals surface area contributed by atoms with Gasteiger partial charge in [0.2, 0.25) is 0 Å². The fraction of sp³-hybridized carbons (Fsp3) is 0.652. The van der Waals surface area contributed by atoms with Crippen molar-refractivity contribution in [1.82, 2.24) is 6.15 Å². The molecule has 0 aliphatic carbocycles. The fourth-order valence-electron chi connectivity index (χ4n) is 2.53. The molecule has 3 N–H and O–H groups in total. The molecule has 0 amide bonds. The number of carbonyl (C=O) groups is 2. The van der Waals surface area contributed by atoms with Crippen LogP contribution in [0.4, 0.5) is 0 Å². The quantitative estimate of drug-likeness (QED) is 0.0565. The summed E-state index contributed by atoms with van der Waals surface area (Å²) in [7, 11) is -5.27. The smallest absolute Gasteiger partial charge is 0.790 e. The predicted molar refractivity (Wildman–Crippen MR) is 131 cm³/mol. The van der Waals surface area contributed by atoms with Crippen LogP contribution in [0.2, 0.25) is 0 Å². The second kappa shape index (κ2) is 28.3. The third-order valence-electron chi connectivity index (χ3n) is 4.08. The molecular formula is C23H44NNa2O8P. The Morgan fingerprint density at radius 2 is 1.43 bits per heavy atom. The molecule has 0 aliphatic rings. The maximum Gasteiger partial charge on any atom is 1.00 e. The van der Waals surface area contributed by atoms with Gasteiger partial charge in [0.15, 0.2) is 6.10 Å². The Hall–Kier alpha value is -0.310. The van der Waals surface area contributed by atoms with E-state index in [0.717, 1.165) is 19.3 Å². The molecule has 0 radical (unpaired) electrons. The second-order valence-corrected chi connectivity index (χ2v) is 8.06. The zero-order valence-corrected chi connectivity index (χ0v) is 26.4. The molecule has 0 spiro atoms. The van der Waals surface area contributed by atoms with Crippen LogP contribution in [0.5, 0.6) is 0 Å². The predicted octanol–water partition coefficient (Wildman–Crippen LogP) is -2.36. The summed E-state index contributed by atoms with van der Waals surface area (Å²) in [6, 6.07) is 0. The van der Waals surface area contributed by atoms with E-state index in [1.807, 2.05) is 0 Å². The third-order valence-corrected chi connectivity index (χ3v) is 4.54. The summed E-state index contributed by atoms with van der Waals surface area (Å²) >= 11 is 0. The van der Waals surface area contributed by atoms with E-state index in [9.17, 15) is 23.9 Å². The van der Waals surface area contributed by atoms with Gasteiger partial charge in [-0.05, 0) is 37.0 Å². The molecule has 0 saturated heterocycles. The molecule has 0 rings (SSSR count). The Morgan fingerprint density at radius 3 is 1.97 bits per heavy atom. The first kappa shape index (κ1) is 41.8. The summed E-state index contributed by atoms with van der Waals surface area (Å²) in [5.74, 6) is 12.4. The first-order valence-corrected chi connectivity index (χ1v) is 12.2. The van der Waals surface area contributed by atoms with Gasteiger partial charge < -0.3 is 34.5 Å². The van der Waals surface area contributed by atoms with Gasteiger partial charge in [-0.15, -0.1) is 0 Å². The summed E-state index contributed by atoms with van der Waals surface area (Å²) in [6.07, 6.45) is 8.63. The number of phosphoric ester groups is 1. The molecule has 0 aliphatic heterocycles. The van der Waals surface area contributed by atoms with Crippen molar-refractivity contribution in [2.75, 3.05) is 13.2 Å². The van der Waals surface area contributed by atoms with Crippen molar-refractivity contribution >= 4 is 19.8 Å². The maximum atomic E-state index is 12.0. The number of esters is 2. The number of hydrogen-bond acceptors (Lipinski definition) is 9. The van der Waals surface area contributed by atoms with E-state index >= 15 is 0 Å². The molecule has 1 atom stereocenters. The average Bonchev–Trinajstić information content (AvgIpc) is 2.73. The molecule has 0 saturated carbocycles. The van der Waals surface area contributed by atoms with Gasteiger partial charge in [0.25, 0.3) is 0 Å². The number of hydrogen-bond donors (Lipinski definition) is 1. The molecule has 35 heavy (non-hydrogen) atoms. The number of ether oxygens (including phenoxy) is 2. The maximum absolute atomic E-state index is 12.0. The first-order valence-electron chi connectivity index (χ1n) is 10.7. The summed E-state index contributed by atoms with van der Waals surface area (Å²) in [5.41, 5.74) is 0. The van der Waals surface area contributed by atoms with Gasteiger partial charge in [-0.3, -0.25) is 4.79 Å². The number of phosphoric acid groups is 1. The largest absolute Gasteiger partial charge is 1.00 e. The van der Waals surface area contributed by atoms with Crippen molar-refractivity contribution in [1.29, 1.82) is 0 Å². The molecule has 9 nitrogen and oxygen atoms in total. The summed E-state index contributed by atoms with van der Waals surface area (Å²) in [4.78, 5) is 45.0. The van der Waals surface area contributed by atoms with Crippen molar-refractivity contribution < 1.29 is 104 Å². The van der Waals surface area contributed by atoms with E-state index < -0.39 is 39.1 Å². The van der Waals surface area contributed by atoms with Gasteiger partial charge in [-0.1, -0.05) is 64.2 Å². The SMILES string of the molecule is CC#CC#CC#CC(=O)OC[C@H](COP(=O)([O-])[O-])OC(=O)CCCCCCCCCCC.N.[HH].[HH].[HH].[HH].[HH].[Na+].[Na+]. The monoisotopic (exact) mass is 539 g/mol. The molecular weight excluding hydrogens is 495 g/mol. The molecule has 0 aromatic carbocycles. The zero-order valence-electron chi connectivity index (χ0n) is 21.5. The van der Waals surface area contributed by atoms with Crippen molar-refractivity contribution in [3.05, 3.63) is 0 Å². The molecule has 0 heterocycles. The molecule has 0 aromatic heterocycles. The summed E-state index contributed by atoms with van der Waals surface area (Å²) < 4.78 is 24.7. The van der Waals surface area contributed by atoms with Crippen molar-refractivity contribution in [2.24, 2.45) is 0 Å². The topological polar surface area (TPSA) is 160 Å². The van der Waals surface area contributed by atoms with Crippen LogP contribution in [0.3, 0.4) is 0 Å². The van der Waals surface area contributed by atoms with E-state index in [2.05, 4.69) is 47.0 Å². The fourth-order valence-corrected chi connectivity index (χ4v) is 2.88. The Labute approximate surface area is 261 Å². The Kier molecular flexibility index (Phi) is 33.8. The van der Waals surface area contributed by atoms with Crippen LogP contribution in [0.15, 0.2) is 0 Å². The van der Waals surface area contributed by atoms with Gasteiger partial charge in [-0.25, -0.2) is 4.79 Å². The van der Waals surface area contributed by atoms with Crippen LogP contribution < -0.4 is 75.1 Å². The number of rotatable bonds is 16. The van der Waals surface area contributed by atoms with Crippen molar-refractivity contribution in [3.63, 3.8) is 0 Å². The second-order valence-electron chi connectivity index (χ2n) is 6.91. The van der Waals surface area contributed by atoms with Gasteiger partial charge in [0.05, 0.1) is 14.4 Å². The minimum Gasteiger partial charge on any atom is -0.790 e. The van der Waals surface area contributed by atoms with E-state index in [-0.39, 0.29) is 78.8 Å². The third kappa shape index (κ3) is 31.7. The number of unbranched alkanes of at least 4 members (excludes halogenated alkanes) is 8. The van der Waals surface area contributed by atoms with Crippen molar-refractivity contribution in [2.45, 2.75) is 84.2 Å². The summed E-state index contributed by atoms with van der Waals surface area (Å²) in [5, 5.41) is 0. The van der Waals surface area contributed by atoms with Gasteiger partial charge in [0.1, 0.15) is 6.61 Å². The van der Waals surface area contributed by atoms with Crippen LogP contribution in [-0.4, -0.2) is 31.3 Å². The minimum atomic E-state index is -5.27. The van der Waals surface area contributed by atoms with Crippen LogP contribution >= 0.6 is 7.82 Å². The molecule has 12 heteroatoms. The van der Waals surface area contributed by atoms with Crippen LogP contribution in [0, 0.1) is 35.5 Å². The van der Waals surface area contributed by atoms with Crippen LogP contribution in [0.1, 0.15) is 85.2 Å². The average molecular weight is 540 g/mol. The molecule has 0 aromatic rings. The van der Waals surface area contributed by atoms with E-state index in [1.54, 1.807) is 6.92 Å². The van der Waals surface area contributed by atoms with Gasteiger partial charge >= 0.3 is 71.1 Å². The minimum absolute atomic E-state index is 0. The van der Waals surface area contributed by atoms with Gasteiger partial charge in [-0.2, -0.15) is 0 Å². The Balaban J connectivity index is -0.000000172. The van der Waals surface area contributed by atoms with E-state index in [0.29, 0.717) is 6.42 Å². The van der Waals surface area contributed by atoms with Crippen molar-refractivity contribution in [3.8, 4) is 35.5 Å². The van der Waals surface area contributed by atoms with Crippen LogP contribution in [-0.2, 0) is 28.2 Å². The Bertz CT molecular complexity index is 821. The molecule has 196 valence electrons. The molecule has 0 fully saturated rings. The Morgan fingerprint density at radius 1 is 0.886 bits per heavy atom. The molecule has 0 unspecified atom stereocenters. The normalized spacial score (nSPS) is 10.1. The number of carbonyl (C=O) groups excluding carboxylic acids is 2. The van der Waals surface area contributed by atoms with Gasteiger partial charge in [0, 0.05) is 19.5 Å². The first-order chi connectivity index (χ1) is 15.3. The van der Waals surface area contributed by atoms with E-state index in [1.165, 1.54) is 32.1 Å².